The molecule has 2 heteroatoms. The van der Waals surface area contributed by atoms with E-state index >= 15 is 0 Å². The van der Waals surface area contributed by atoms with E-state index in [2.05, 4.69) is 51.7 Å². The third-order valence-corrected chi connectivity index (χ3v) is 5.15. The van der Waals surface area contributed by atoms with Gasteiger partial charge in [0, 0.05) is 11.3 Å². The van der Waals surface area contributed by atoms with Gasteiger partial charge in [0.15, 0.2) is 0 Å². The second-order valence-corrected chi connectivity index (χ2v) is 7.49. The highest BCUT2D eigenvalue weighted by atomic mass is 32.2. The molecule has 1 heterocycles. The number of thioether (sulfide) groups is 1. The molecular weight excluding hydrogens is 202 g/mol. The highest BCUT2D eigenvalue weighted by molar-refractivity contribution is 7.99. The number of nitrogens with one attached hydrogen (secondary N) is 1. The van der Waals surface area contributed by atoms with Crippen molar-refractivity contribution in [3.63, 3.8) is 0 Å². The molecule has 1 saturated heterocycles. The Hall–Kier alpha value is 0.310. The van der Waals surface area contributed by atoms with E-state index in [0.717, 1.165) is 17.2 Å². The number of hydrogen-bond donors (Lipinski definition) is 1. The fourth-order valence-electron chi connectivity index (χ4n) is 1.83. The van der Waals surface area contributed by atoms with Gasteiger partial charge in [-0.3, -0.25) is 0 Å². The third kappa shape index (κ3) is 4.36. The van der Waals surface area contributed by atoms with Gasteiger partial charge >= 0.3 is 0 Å². The van der Waals surface area contributed by atoms with Crippen molar-refractivity contribution in [1.29, 1.82) is 0 Å². The Bertz CT molecular complexity index is 185. The van der Waals surface area contributed by atoms with E-state index in [9.17, 15) is 0 Å². The fourth-order valence-corrected chi connectivity index (χ4v) is 3.00. The summed E-state index contributed by atoms with van der Waals surface area (Å²) in [4.78, 5) is 0. The monoisotopic (exact) mass is 229 g/mol. The van der Waals surface area contributed by atoms with E-state index in [1.165, 1.54) is 25.1 Å². The van der Waals surface area contributed by atoms with Gasteiger partial charge in [-0.05, 0) is 36.5 Å². The summed E-state index contributed by atoms with van der Waals surface area (Å²) in [6.45, 7) is 12.9. The summed E-state index contributed by atoms with van der Waals surface area (Å²) in [5.41, 5.74) is 0.429. The molecule has 0 bridgehead atoms. The van der Waals surface area contributed by atoms with Crippen LogP contribution in [-0.4, -0.2) is 23.6 Å². The van der Waals surface area contributed by atoms with Crippen molar-refractivity contribution in [2.24, 2.45) is 11.3 Å². The maximum Gasteiger partial charge on any atom is 0.0184 e. The van der Waals surface area contributed by atoms with E-state index in [4.69, 9.17) is 0 Å². The molecule has 3 atom stereocenters. The van der Waals surface area contributed by atoms with Crippen LogP contribution in [0.1, 0.15) is 47.5 Å². The van der Waals surface area contributed by atoms with Crippen molar-refractivity contribution in [3.8, 4) is 0 Å². The minimum atomic E-state index is 0.429. The second-order valence-electron chi connectivity index (χ2n) is 6.00. The highest BCUT2D eigenvalue weighted by Crippen LogP contribution is 2.27. The first-order valence-corrected chi connectivity index (χ1v) is 7.31. The lowest BCUT2D eigenvalue weighted by Gasteiger charge is -2.33. The quantitative estimate of drug-likeness (QED) is 0.794. The zero-order chi connectivity index (χ0) is 11.5. The fraction of sp³-hybridized carbons (Fsp3) is 1.00. The summed E-state index contributed by atoms with van der Waals surface area (Å²) in [7, 11) is 0. The average Bonchev–Trinajstić information content (AvgIpc) is 2.14. The Morgan fingerprint density at radius 2 is 2.07 bits per heavy atom. The average molecular weight is 229 g/mol. The molecule has 90 valence electrons. The molecule has 1 N–H and O–H groups in total. The zero-order valence-corrected chi connectivity index (χ0v) is 11.8. The van der Waals surface area contributed by atoms with Crippen LogP contribution in [0.3, 0.4) is 0 Å². The molecule has 0 amide bonds. The van der Waals surface area contributed by atoms with E-state index in [-0.39, 0.29) is 0 Å². The largest absolute Gasteiger partial charge is 0.313 e. The van der Waals surface area contributed by atoms with Crippen LogP contribution >= 0.6 is 11.8 Å². The summed E-state index contributed by atoms with van der Waals surface area (Å²) in [5, 5.41) is 4.55. The first kappa shape index (κ1) is 13.4. The third-order valence-electron chi connectivity index (χ3n) is 3.77. The van der Waals surface area contributed by atoms with Crippen LogP contribution in [0.25, 0.3) is 0 Å². The highest BCUT2D eigenvalue weighted by Gasteiger charge is 2.24. The SMILES string of the molecule is CC1SCCCC1NCC(C)C(C)(C)C. The van der Waals surface area contributed by atoms with E-state index < -0.39 is 0 Å². The zero-order valence-electron chi connectivity index (χ0n) is 11.0. The van der Waals surface area contributed by atoms with Crippen molar-refractivity contribution in [2.45, 2.75) is 58.8 Å². The first-order valence-electron chi connectivity index (χ1n) is 6.26. The molecular formula is C13H27NS. The second kappa shape index (κ2) is 5.58. The lowest BCUT2D eigenvalue weighted by molar-refractivity contribution is 0.242. The van der Waals surface area contributed by atoms with E-state index in [1.807, 2.05) is 0 Å². The molecule has 1 aliphatic rings. The standard InChI is InChI=1S/C13H27NS/c1-10(13(3,4)5)9-14-12-7-6-8-15-11(12)2/h10-12,14H,6-9H2,1-5H3. The number of hydrogen-bond acceptors (Lipinski definition) is 2. The molecule has 15 heavy (non-hydrogen) atoms. The van der Waals surface area contributed by atoms with Crippen molar-refractivity contribution in [3.05, 3.63) is 0 Å². The van der Waals surface area contributed by atoms with Gasteiger partial charge in [0.05, 0.1) is 0 Å². The molecule has 3 unspecified atom stereocenters. The van der Waals surface area contributed by atoms with Crippen LogP contribution in [0.2, 0.25) is 0 Å². The molecule has 1 nitrogen and oxygen atoms in total. The van der Waals surface area contributed by atoms with Gasteiger partial charge in [0.2, 0.25) is 0 Å². The van der Waals surface area contributed by atoms with Gasteiger partial charge in [0.25, 0.3) is 0 Å². The molecule has 0 saturated carbocycles. The van der Waals surface area contributed by atoms with Crippen molar-refractivity contribution in [2.75, 3.05) is 12.3 Å². The van der Waals surface area contributed by atoms with Crippen LogP contribution in [0.5, 0.6) is 0 Å². The van der Waals surface area contributed by atoms with Gasteiger partial charge < -0.3 is 5.32 Å². The van der Waals surface area contributed by atoms with Crippen LogP contribution in [0, 0.1) is 11.3 Å². The molecule has 0 aromatic heterocycles. The molecule has 0 radical (unpaired) electrons. The maximum atomic E-state index is 3.76. The van der Waals surface area contributed by atoms with Crippen LogP contribution < -0.4 is 5.32 Å². The summed E-state index contributed by atoms with van der Waals surface area (Å²) in [6.07, 6.45) is 2.75. The summed E-state index contributed by atoms with van der Waals surface area (Å²) >= 11 is 2.12. The van der Waals surface area contributed by atoms with Crippen LogP contribution in [0.15, 0.2) is 0 Å². The predicted molar refractivity (Wildman–Crippen MR) is 71.6 cm³/mol. The Kier molecular flexibility index (Phi) is 4.98. The van der Waals surface area contributed by atoms with Crippen LogP contribution in [0.4, 0.5) is 0 Å². The van der Waals surface area contributed by atoms with Gasteiger partial charge in [-0.1, -0.05) is 34.6 Å². The van der Waals surface area contributed by atoms with Crippen molar-refractivity contribution >= 4 is 11.8 Å². The van der Waals surface area contributed by atoms with Gasteiger partial charge in [0.1, 0.15) is 0 Å². The van der Waals surface area contributed by atoms with Crippen molar-refractivity contribution in [1.82, 2.24) is 5.32 Å². The predicted octanol–water partition coefficient (Wildman–Crippen LogP) is 3.54. The minimum Gasteiger partial charge on any atom is -0.313 e. The Labute approximate surface area is 99.8 Å². The summed E-state index contributed by atoms with van der Waals surface area (Å²) in [6, 6.07) is 0.744. The molecule has 0 aromatic carbocycles. The normalized spacial score (nSPS) is 30.2. The lowest BCUT2D eigenvalue weighted by Crippen LogP contribution is -2.43. The van der Waals surface area contributed by atoms with Gasteiger partial charge in [-0.25, -0.2) is 0 Å². The first-order chi connectivity index (χ1) is 6.91. The van der Waals surface area contributed by atoms with Crippen molar-refractivity contribution < 1.29 is 0 Å². The van der Waals surface area contributed by atoms with Crippen LogP contribution in [-0.2, 0) is 0 Å². The van der Waals surface area contributed by atoms with E-state index in [1.54, 1.807) is 0 Å². The molecule has 0 aromatic rings. The maximum absolute atomic E-state index is 3.76. The molecule has 0 aliphatic carbocycles. The molecule has 1 rings (SSSR count). The Balaban J connectivity index is 2.29. The smallest absolute Gasteiger partial charge is 0.0184 e. The summed E-state index contributed by atoms with van der Waals surface area (Å²) < 4.78 is 0. The Morgan fingerprint density at radius 1 is 1.40 bits per heavy atom. The van der Waals surface area contributed by atoms with Gasteiger partial charge in [-0.2, -0.15) is 11.8 Å². The lowest BCUT2D eigenvalue weighted by atomic mass is 9.82. The minimum absolute atomic E-state index is 0.429. The topological polar surface area (TPSA) is 12.0 Å². The number of rotatable bonds is 3. The molecule has 0 spiro atoms. The molecule has 1 fully saturated rings. The van der Waals surface area contributed by atoms with Gasteiger partial charge in [-0.15, -0.1) is 0 Å². The Morgan fingerprint density at radius 3 is 2.60 bits per heavy atom. The molecule has 1 aliphatic heterocycles. The van der Waals surface area contributed by atoms with E-state index in [0.29, 0.717) is 5.41 Å². The summed E-state index contributed by atoms with van der Waals surface area (Å²) in [5.74, 6) is 2.10.